The maximum Gasteiger partial charge on any atom is 0.407 e. The normalized spacial score (nSPS) is 11.4. The van der Waals surface area contributed by atoms with Crippen LogP contribution in [0.2, 0.25) is 0 Å². The number of carbonyl (C=O) groups excluding carboxylic acids is 2. The molecule has 0 unspecified atom stereocenters. The Morgan fingerprint density at radius 2 is 1.79 bits per heavy atom. The number of aromatic nitrogens is 1. The molecule has 2 aromatic rings. The molecule has 0 saturated heterocycles. The maximum absolute atomic E-state index is 12.5. The van der Waals surface area contributed by atoms with Crippen molar-refractivity contribution in [2.24, 2.45) is 11.7 Å². The molecule has 1 aromatic heterocycles. The molecule has 2 rings (SSSR count). The first kappa shape index (κ1) is 27.7. The standard InChI is InChI=1S/C26H37N3O4S/c1-16(2)12-23-21(14-28-25(31)32-26(5,6)7)24(20-10-8-19(13-27)9-11-20)22(17(3)29-23)15-34-33-18(4)30/h8-11,16H,12-15,27H2,1-7H3,(H,28,31). The second-order valence-electron chi connectivity index (χ2n) is 9.67. The van der Waals surface area contributed by atoms with E-state index in [2.05, 4.69) is 19.2 Å². The van der Waals surface area contributed by atoms with Crippen LogP contribution in [0.3, 0.4) is 0 Å². The molecule has 0 aliphatic rings. The predicted molar refractivity (Wildman–Crippen MR) is 137 cm³/mol. The van der Waals surface area contributed by atoms with Gasteiger partial charge < -0.3 is 20.0 Å². The zero-order chi connectivity index (χ0) is 25.5. The SMILES string of the molecule is CC(=O)OSCc1c(C)nc(CC(C)C)c(CNC(=O)OC(C)(C)C)c1-c1ccc(CN)cc1. The number of pyridine rings is 1. The number of nitrogens with zero attached hydrogens (tertiary/aromatic N) is 1. The zero-order valence-electron chi connectivity index (χ0n) is 21.3. The molecular weight excluding hydrogens is 450 g/mol. The summed E-state index contributed by atoms with van der Waals surface area (Å²) in [5.74, 6) is 0.460. The lowest BCUT2D eigenvalue weighted by Crippen LogP contribution is -2.32. The van der Waals surface area contributed by atoms with Crippen LogP contribution in [-0.4, -0.2) is 22.6 Å². The van der Waals surface area contributed by atoms with E-state index in [9.17, 15) is 9.59 Å². The highest BCUT2D eigenvalue weighted by atomic mass is 32.2. The summed E-state index contributed by atoms with van der Waals surface area (Å²) in [5.41, 5.74) is 11.9. The highest BCUT2D eigenvalue weighted by molar-refractivity contribution is 7.94. The van der Waals surface area contributed by atoms with Crippen LogP contribution in [0.5, 0.6) is 0 Å². The van der Waals surface area contributed by atoms with E-state index in [1.54, 1.807) is 0 Å². The highest BCUT2D eigenvalue weighted by Gasteiger charge is 2.22. The van der Waals surface area contributed by atoms with Gasteiger partial charge in [0, 0.05) is 37.0 Å². The number of benzene rings is 1. The summed E-state index contributed by atoms with van der Waals surface area (Å²) in [6, 6.07) is 8.07. The topological polar surface area (TPSA) is 104 Å². The number of hydrogen-bond donors (Lipinski definition) is 2. The minimum Gasteiger partial charge on any atom is -0.444 e. The number of alkyl carbamates (subject to hydrolysis) is 1. The van der Waals surface area contributed by atoms with Gasteiger partial charge in [0.05, 0.1) is 17.8 Å². The van der Waals surface area contributed by atoms with Crippen molar-refractivity contribution >= 4 is 24.1 Å². The lowest BCUT2D eigenvalue weighted by Gasteiger charge is -2.23. The molecule has 0 aliphatic heterocycles. The third-order valence-corrected chi connectivity index (χ3v) is 5.72. The van der Waals surface area contributed by atoms with Gasteiger partial charge in [-0.05, 0) is 62.3 Å². The summed E-state index contributed by atoms with van der Waals surface area (Å²) in [5, 5.41) is 2.91. The first-order valence-corrected chi connectivity index (χ1v) is 12.4. The smallest absolute Gasteiger partial charge is 0.407 e. The fraction of sp³-hybridized carbons (Fsp3) is 0.500. The Morgan fingerprint density at radius 3 is 2.32 bits per heavy atom. The molecular formula is C26H37N3O4S. The van der Waals surface area contributed by atoms with Gasteiger partial charge in [-0.2, -0.15) is 0 Å². The average Bonchev–Trinajstić information content (AvgIpc) is 2.72. The Bertz CT molecular complexity index is 999. The van der Waals surface area contributed by atoms with Crippen LogP contribution in [0.4, 0.5) is 4.79 Å². The quantitative estimate of drug-likeness (QED) is 0.453. The highest BCUT2D eigenvalue weighted by Crippen LogP contribution is 2.35. The van der Waals surface area contributed by atoms with Crippen molar-refractivity contribution < 1.29 is 18.5 Å². The monoisotopic (exact) mass is 487 g/mol. The Labute approximate surface area is 207 Å². The molecule has 3 N–H and O–H groups in total. The molecule has 0 radical (unpaired) electrons. The van der Waals surface area contributed by atoms with Gasteiger partial charge in [0.1, 0.15) is 5.60 Å². The third kappa shape index (κ3) is 8.33. The van der Waals surface area contributed by atoms with Crippen molar-refractivity contribution in [3.8, 4) is 11.1 Å². The fourth-order valence-electron chi connectivity index (χ4n) is 3.57. The molecule has 0 saturated carbocycles. The number of rotatable bonds is 9. The second-order valence-corrected chi connectivity index (χ2v) is 10.4. The number of aryl methyl sites for hydroxylation is 1. The summed E-state index contributed by atoms with van der Waals surface area (Å²) < 4.78 is 10.6. The third-order valence-electron chi connectivity index (χ3n) is 4.96. The maximum atomic E-state index is 12.5. The van der Waals surface area contributed by atoms with Crippen LogP contribution < -0.4 is 11.1 Å². The first-order valence-electron chi connectivity index (χ1n) is 11.5. The van der Waals surface area contributed by atoms with Crippen molar-refractivity contribution in [1.29, 1.82) is 0 Å². The molecule has 0 atom stereocenters. The van der Waals surface area contributed by atoms with Crippen LogP contribution in [0.1, 0.15) is 69.6 Å². The van der Waals surface area contributed by atoms with Crippen molar-refractivity contribution in [2.45, 2.75) is 79.3 Å². The summed E-state index contributed by atoms with van der Waals surface area (Å²) >= 11 is 1.08. The van der Waals surface area contributed by atoms with Crippen molar-refractivity contribution in [3.63, 3.8) is 0 Å². The lowest BCUT2D eigenvalue weighted by atomic mass is 9.90. The van der Waals surface area contributed by atoms with Gasteiger partial charge in [0.25, 0.3) is 0 Å². The Morgan fingerprint density at radius 1 is 1.15 bits per heavy atom. The van der Waals surface area contributed by atoms with Gasteiger partial charge in [-0.15, -0.1) is 0 Å². The van der Waals surface area contributed by atoms with Crippen LogP contribution in [0.15, 0.2) is 24.3 Å². The second kappa shape index (κ2) is 12.2. The molecule has 1 heterocycles. The largest absolute Gasteiger partial charge is 0.444 e. The van der Waals surface area contributed by atoms with E-state index in [4.69, 9.17) is 19.6 Å². The number of amides is 1. The van der Waals surface area contributed by atoms with E-state index in [0.29, 0.717) is 18.2 Å². The van der Waals surface area contributed by atoms with E-state index in [1.807, 2.05) is 52.0 Å². The molecule has 0 aliphatic carbocycles. The Hall–Kier alpha value is -2.58. The Balaban J connectivity index is 2.61. The summed E-state index contributed by atoms with van der Waals surface area (Å²) in [6.45, 7) is 13.9. The van der Waals surface area contributed by atoms with E-state index < -0.39 is 11.7 Å². The molecule has 1 amide bonds. The molecule has 34 heavy (non-hydrogen) atoms. The first-order chi connectivity index (χ1) is 15.9. The number of hydrogen-bond acceptors (Lipinski definition) is 7. The van der Waals surface area contributed by atoms with E-state index >= 15 is 0 Å². The molecule has 186 valence electrons. The van der Waals surface area contributed by atoms with Crippen LogP contribution >= 0.6 is 12.0 Å². The summed E-state index contributed by atoms with van der Waals surface area (Å²) in [4.78, 5) is 28.7. The van der Waals surface area contributed by atoms with Gasteiger partial charge in [-0.25, -0.2) is 4.79 Å². The van der Waals surface area contributed by atoms with Gasteiger partial charge in [-0.1, -0.05) is 38.1 Å². The average molecular weight is 488 g/mol. The van der Waals surface area contributed by atoms with E-state index in [-0.39, 0.29) is 12.5 Å². The van der Waals surface area contributed by atoms with Gasteiger partial charge in [0.2, 0.25) is 0 Å². The number of carbonyl (C=O) groups is 2. The van der Waals surface area contributed by atoms with Crippen molar-refractivity contribution in [2.75, 3.05) is 0 Å². The molecule has 8 heteroatoms. The molecule has 0 fully saturated rings. The summed E-state index contributed by atoms with van der Waals surface area (Å²) in [7, 11) is 0. The number of nitrogens with one attached hydrogen (secondary N) is 1. The predicted octanol–water partition coefficient (Wildman–Crippen LogP) is 5.45. The lowest BCUT2D eigenvalue weighted by molar-refractivity contribution is -0.130. The molecule has 1 aromatic carbocycles. The summed E-state index contributed by atoms with van der Waals surface area (Å²) in [6.07, 6.45) is 0.279. The molecule has 0 spiro atoms. The molecule has 7 nitrogen and oxygen atoms in total. The number of nitrogens with two attached hydrogens (primary N) is 1. The van der Waals surface area contributed by atoms with Gasteiger partial charge in [-0.3, -0.25) is 9.78 Å². The van der Waals surface area contributed by atoms with Crippen molar-refractivity contribution in [1.82, 2.24) is 10.3 Å². The zero-order valence-corrected chi connectivity index (χ0v) is 22.1. The van der Waals surface area contributed by atoms with E-state index in [0.717, 1.165) is 57.7 Å². The van der Waals surface area contributed by atoms with Crippen LogP contribution in [-0.2, 0) is 39.0 Å². The fourth-order valence-corrected chi connectivity index (χ4v) is 4.27. The van der Waals surface area contributed by atoms with Gasteiger partial charge >= 0.3 is 12.1 Å². The van der Waals surface area contributed by atoms with Crippen molar-refractivity contribution in [3.05, 3.63) is 52.3 Å². The number of ether oxygens (including phenoxy) is 1. The van der Waals surface area contributed by atoms with E-state index in [1.165, 1.54) is 6.92 Å². The minimum absolute atomic E-state index is 0.267. The minimum atomic E-state index is -0.594. The van der Waals surface area contributed by atoms with Gasteiger partial charge in [0.15, 0.2) is 0 Å². The van der Waals surface area contributed by atoms with Crippen LogP contribution in [0.25, 0.3) is 11.1 Å². The Kier molecular flexibility index (Phi) is 9.94. The van der Waals surface area contributed by atoms with Crippen LogP contribution in [0, 0.1) is 12.8 Å². The molecule has 0 bridgehead atoms.